The maximum absolute atomic E-state index is 4.34. The van der Waals surface area contributed by atoms with Gasteiger partial charge in [-0.05, 0) is 49.1 Å². The van der Waals surface area contributed by atoms with Gasteiger partial charge in [0.2, 0.25) is 0 Å². The first-order chi connectivity index (χ1) is 11.4. The Bertz CT molecular complexity index is 644. The van der Waals surface area contributed by atoms with Crippen molar-refractivity contribution in [1.82, 2.24) is 19.8 Å². The van der Waals surface area contributed by atoms with E-state index in [-0.39, 0.29) is 16.5 Å². The molecule has 2 aliphatic rings. The molecule has 0 saturated heterocycles. The Morgan fingerprint density at radius 3 is 1.62 bits per heavy atom. The van der Waals surface area contributed by atoms with Crippen molar-refractivity contribution < 1.29 is 16.5 Å². The zero-order chi connectivity index (χ0) is 15.5. The van der Waals surface area contributed by atoms with E-state index in [0.717, 1.165) is 18.3 Å². The van der Waals surface area contributed by atoms with Crippen LogP contribution in [0.5, 0.6) is 0 Å². The van der Waals surface area contributed by atoms with Crippen LogP contribution in [0, 0.1) is 13.3 Å². The molecule has 0 aromatic carbocycles. The van der Waals surface area contributed by atoms with Crippen molar-refractivity contribution in [1.29, 1.82) is 0 Å². The second-order valence-electron chi connectivity index (χ2n) is 5.19. The number of anilines is 2. The first kappa shape index (κ1) is 16.3. The van der Waals surface area contributed by atoms with Gasteiger partial charge in [0.1, 0.15) is 11.6 Å². The standard InChI is InChI=1S/C17H16N6.Ni/c1-3-7-18-16(5-1)22-11-9-20(14-22)13-21-10-12-23(15-21)17-6-2-4-8-19-17;/h1-12,14-15H,13H2;/q-2;+2. The van der Waals surface area contributed by atoms with Crippen LogP contribution in [0.15, 0.2) is 73.6 Å². The Labute approximate surface area is 151 Å². The fourth-order valence-corrected chi connectivity index (χ4v) is 2.43. The van der Waals surface area contributed by atoms with E-state index in [9.17, 15) is 0 Å². The molecule has 24 heavy (non-hydrogen) atoms. The summed E-state index contributed by atoms with van der Waals surface area (Å²) in [6.45, 7) is 4.76. The number of aromatic nitrogens is 2. The van der Waals surface area contributed by atoms with Gasteiger partial charge >= 0.3 is 16.5 Å². The Morgan fingerprint density at radius 1 is 0.708 bits per heavy atom. The van der Waals surface area contributed by atoms with Crippen LogP contribution in [-0.4, -0.2) is 26.4 Å². The second kappa shape index (κ2) is 7.36. The van der Waals surface area contributed by atoms with Crippen LogP contribution in [0.3, 0.4) is 0 Å². The summed E-state index contributed by atoms with van der Waals surface area (Å²) in [6.07, 6.45) is 11.6. The number of hydrogen-bond acceptors (Lipinski definition) is 6. The fourth-order valence-electron chi connectivity index (χ4n) is 2.43. The van der Waals surface area contributed by atoms with Crippen molar-refractivity contribution in [3.8, 4) is 0 Å². The Hall–Kier alpha value is -2.53. The van der Waals surface area contributed by atoms with Crippen molar-refractivity contribution in [2.24, 2.45) is 0 Å². The van der Waals surface area contributed by atoms with Gasteiger partial charge in [-0.1, -0.05) is 12.1 Å². The van der Waals surface area contributed by atoms with Crippen LogP contribution >= 0.6 is 0 Å². The van der Waals surface area contributed by atoms with Crippen molar-refractivity contribution in [2.45, 2.75) is 0 Å². The largest absolute Gasteiger partial charge is 2.00 e. The van der Waals surface area contributed by atoms with Gasteiger partial charge in [-0.3, -0.25) is 0 Å². The van der Waals surface area contributed by atoms with Gasteiger partial charge in [-0.2, -0.15) is 0 Å². The molecule has 0 fully saturated rings. The number of hydrogen-bond donors (Lipinski definition) is 0. The average molecular weight is 363 g/mol. The van der Waals surface area contributed by atoms with E-state index >= 15 is 0 Å². The number of rotatable bonds is 4. The van der Waals surface area contributed by atoms with Crippen LogP contribution in [-0.2, 0) is 16.5 Å². The van der Waals surface area contributed by atoms with Crippen LogP contribution in [0.25, 0.3) is 0 Å². The van der Waals surface area contributed by atoms with E-state index < -0.39 is 0 Å². The van der Waals surface area contributed by atoms with Crippen molar-refractivity contribution in [3.05, 3.63) is 86.9 Å². The zero-order valence-electron chi connectivity index (χ0n) is 12.8. The van der Waals surface area contributed by atoms with Crippen LogP contribution in [0.1, 0.15) is 0 Å². The van der Waals surface area contributed by atoms with Gasteiger partial charge in [-0.15, -0.1) is 13.3 Å². The minimum Gasteiger partial charge on any atom is -0.494 e. The molecule has 0 aliphatic carbocycles. The van der Waals surface area contributed by atoms with E-state index in [0.29, 0.717) is 0 Å². The molecule has 0 saturated carbocycles. The Kier molecular flexibility index (Phi) is 5.01. The fraction of sp³-hybridized carbons (Fsp3) is 0.0588. The summed E-state index contributed by atoms with van der Waals surface area (Å²) < 4.78 is 0. The van der Waals surface area contributed by atoms with E-state index in [4.69, 9.17) is 0 Å². The maximum atomic E-state index is 4.34. The average Bonchev–Trinajstić information content (AvgIpc) is 3.27. The molecule has 2 aliphatic heterocycles. The summed E-state index contributed by atoms with van der Waals surface area (Å²) in [5, 5.41) is 0. The van der Waals surface area contributed by atoms with Crippen molar-refractivity contribution >= 4 is 11.6 Å². The van der Waals surface area contributed by atoms with Crippen LogP contribution in [0.2, 0.25) is 0 Å². The molecule has 2 aromatic heterocycles. The molecule has 7 heteroatoms. The molecular weight excluding hydrogens is 347 g/mol. The summed E-state index contributed by atoms with van der Waals surface area (Å²) in [5.41, 5.74) is 0. The minimum atomic E-state index is 0. The predicted octanol–water partition coefficient (Wildman–Crippen LogP) is 2.56. The van der Waals surface area contributed by atoms with E-state index in [1.165, 1.54) is 0 Å². The van der Waals surface area contributed by atoms with Gasteiger partial charge in [0, 0.05) is 19.1 Å². The molecule has 0 bridgehead atoms. The summed E-state index contributed by atoms with van der Waals surface area (Å²) >= 11 is 0. The first-order valence-corrected chi connectivity index (χ1v) is 7.35. The molecule has 0 unspecified atom stereocenters. The smallest absolute Gasteiger partial charge is 0.494 e. The topological polar surface area (TPSA) is 38.7 Å². The van der Waals surface area contributed by atoms with Gasteiger partial charge < -0.3 is 19.6 Å². The summed E-state index contributed by atoms with van der Waals surface area (Å²) in [4.78, 5) is 16.9. The molecule has 2 aromatic rings. The monoisotopic (exact) mass is 362 g/mol. The van der Waals surface area contributed by atoms with Gasteiger partial charge in [0.15, 0.2) is 0 Å². The molecule has 0 radical (unpaired) electrons. The van der Waals surface area contributed by atoms with E-state index in [2.05, 4.69) is 19.8 Å². The van der Waals surface area contributed by atoms with Crippen molar-refractivity contribution in [2.75, 3.05) is 16.5 Å². The summed E-state index contributed by atoms with van der Waals surface area (Å²) in [6, 6.07) is 11.8. The van der Waals surface area contributed by atoms with E-state index in [1.807, 2.05) is 84.3 Å². The molecule has 0 amide bonds. The van der Waals surface area contributed by atoms with Crippen LogP contribution < -0.4 is 9.80 Å². The van der Waals surface area contributed by atoms with Gasteiger partial charge in [-0.25, -0.2) is 9.97 Å². The second-order valence-corrected chi connectivity index (χ2v) is 5.19. The molecule has 0 spiro atoms. The van der Waals surface area contributed by atoms with Gasteiger partial charge in [0.05, 0.1) is 0 Å². The first-order valence-electron chi connectivity index (χ1n) is 7.35. The SMILES string of the molecule is C1=CN(c2ccccn2)[CH-]N1CN1C=CN(c2ccccn2)[CH-]1.[Ni+2]. The van der Waals surface area contributed by atoms with Crippen molar-refractivity contribution in [3.63, 3.8) is 0 Å². The molecule has 0 atom stereocenters. The molecule has 124 valence electrons. The normalized spacial score (nSPS) is 16.0. The third-order valence-corrected chi connectivity index (χ3v) is 3.54. The van der Waals surface area contributed by atoms with Gasteiger partial charge in [0.25, 0.3) is 0 Å². The Morgan fingerprint density at radius 2 is 1.21 bits per heavy atom. The molecule has 4 rings (SSSR count). The predicted molar refractivity (Wildman–Crippen MR) is 88.9 cm³/mol. The zero-order valence-corrected chi connectivity index (χ0v) is 13.8. The number of pyridine rings is 2. The molecule has 4 heterocycles. The molecule has 0 N–H and O–H groups in total. The Balaban J connectivity index is 0.00000169. The number of nitrogens with zero attached hydrogens (tertiary/aromatic N) is 6. The third-order valence-electron chi connectivity index (χ3n) is 3.54. The summed E-state index contributed by atoms with van der Waals surface area (Å²) in [7, 11) is 0. The third kappa shape index (κ3) is 3.52. The molecule has 6 nitrogen and oxygen atoms in total. The quantitative estimate of drug-likeness (QED) is 0.614. The van der Waals surface area contributed by atoms with E-state index in [1.54, 1.807) is 12.4 Å². The minimum absolute atomic E-state index is 0. The molecular formula is C17H16N6Ni. The maximum Gasteiger partial charge on any atom is 2.00 e. The summed E-state index contributed by atoms with van der Waals surface area (Å²) in [5.74, 6) is 1.81. The van der Waals surface area contributed by atoms with Crippen LogP contribution in [0.4, 0.5) is 11.6 Å².